The van der Waals surface area contributed by atoms with E-state index in [9.17, 15) is 4.79 Å². The molecule has 8 heteroatoms. The molecule has 0 saturated heterocycles. The fraction of sp³-hybridized carbons (Fsp3) is 0.156. The van der Waals surface area contributed by atoms with E-state index in [-0.39, 0.29) is 12.0 Å². The normalized spacial score (nSPS) is 12.2. The predicted molar refractivity (Wildman–Crippen MR) is 208 cm³/mol. The van der Waals surface area contributed by atoms with Crippen molar-refractivity contribution in [2.75, 3.05) is 6.61 Å². The predicted octanol–water partition coefficient (Wildman–Crippen LogP) is 9.40. The van der Waals surface area contributed by atoms with Gasteiger partial charge in [0, 0.05) is 35.1 Å². The van der Waals surface area contributed by atoms with E-state index in [1.807, 2.05) is 93.7 Å². The Kier molecular flexibility index (Phi) is 9.86. The van der Waals surface area contributed by atoms with E-state index in [1.54, 1.807) is 6.20 Å². The molecule has 7 rings (SSSR count). The minimum absolute atomic E-state index is 0.177. The van der Waals surface area contributed by atoms with Gasteiger partial charge in [0.25, 0.3) is 0 Å². The summed E-state index contributed by atoms with van der Waals surface area (Å²) in [5, 5.41) is 5.42. The van der Waals surface area contributed by atoms with Crippen molar-refractivity contribution in [2.45, 2.75) is 32.4 Å². The molecule has 0 spiro atoms. The van der Waals surface area contributed by atoms with Crippen LogP contribution in [0.2, 0.25) is 0 Å². The van der Waals surface area contributed by atoms with E-state index in [4.69, 9.17) is 30.3 Å². The number of aromatic nitrogens is 4. The number of benzene rings is 4. The first-order chi connectivity index (χ1) is 25.7. The molecule has 0 bridgehead atoms. The van der Waals surface area contributed by atoms with Crippen molar-refractivity contribution in [3.05, 3.63) is 181 Å². The fourth-order valence-electron chi connectivity index (χ4n) is 6.63. The maximum absolute atomic E-state index is 11.5. The van der Waals surface area contributed by atoms with Gasteiger partial charge in [-0.2, -0.15) is 5.10 Å². The van der Waals surface area contributed by atoms with Crippen LogP contribution in [0.15, 0.2) is 164 Å². The number of ether oxygens (including phenoxy) is 2. The van der Waals surface area contributed by atoms with Gasteiger partial charge in [-0.3, -0.25) is 14.6 Å². The van der Waals surface area contributed by atoms with Crippen LogP contribution in [0, 0.1) is 5.41 Å². The number of nitrogens with two attached hydrogens (primary N) is 1. The Morgan fingerprint density at radius 1 is 0.679 bits per heavy atom. The number of primary amides is 1. The van der Waals surface area contributed by atoms with Crippen LogP contribution in [0.3, 0.4) is 0 Å². The Morgan fingerprint density at radius 2 is 1.25 bits per heavy atom. The molecular weight excluding hydrogens is 659 g/mol. The second kappa shape index (κ2) is 15.0. The lowest BCUT2D eigenvalue weighted by Crippen LogP contribution is -2.38. The van der Waals surface area contributed by atoms with Gasteiger partial charge in [0.2, 0.25) is 0 Å². The second-order valence-corrected chi connectivity index (χ2v) is 13.9. The summed E-state index contributed by atoms with van der Waals surface area (Å²) in [6.45, 7) is 6.09. The average Bonchev–Trinajstić information content (AvgIpc) is 3.64. The molecule has 1 unspecified atom stereocenters. The first-order valence-corrected chi connectivity index (χ1v) is 17.6. The number of hydrogen-bond acceptors (Lipinski definition) is 6. The zero-order chi connectivity index (χ0) is 36.8. The smallest absolute Gasteiger partial charge is 0.404 e. The SMILES string of the molecule is CC(C)(C)C(COc1ccc(-c2cc(-c3cn(C(c4ccccc4)(c4ccccc4)c4ccccc4)nc3-c3ccccn3)ccn2)cc1)OC(N)=O. The molecule has 8 nitrogen and oxygen atoms in total. The number of carbonyl (C=O) groups is 1. The van der Waals surface area contributed by atoms with Crippen molar-refractivity contribution in [1.29, 1.82) is 0 Å². The third kappa shape index (κ3) is 7.30. The Morgan fingerprint density at radius 3 is 1.77 bits per heavy atom. The maximum atomic E-state index is 11.5. The average molecular weight is 700 g/mol. The summed E-state index contributed by atoms with van der Waals surface area (Å²) in [6, 6.07) is 49.2. The van der Waals surface area contributed by atoms with Crippen molar-refractivity contribution in [1.82, 2.24) is 19.7 Å². The number of pyridine rings is 2. The van der Waals surface area contributed by atoms with Crippen molar-refractivity contribution in [3.8, 4) is 39.5 Å². The molecule has 3 aromatic heterocycles. The van der Waals surface area contributed by atoms with Crippen LogP contribution in [0.4, 0.5) is 4.79 Å². The Bertz CT molecular complexity index is 2170. The van der Waals surface area contributed by atoms with Crippen LogP contribution in [-0.4, -0.2) is 38.6 Å². The minimum Gasteiger partial charge on any atom is -0.490 e. The molecule has 0 aliphatic carbocycles. The lowest BCUT2D eigenvalue weighted by molar-refractivity contribution is 0.00580. The van der Waals surface area contributed by atoms with E-state index in [2.05, 4.69) is 89.7 Å². The summed E-state index contributed by atoms with van der Waals surface area (Å²) in [6.07, 6.45) is 4.42. The number of amides is 1. The van der Waals surface area contributed by atoms with Crippen LogP contribution in [-0.2, 0) is 10.3 Å². The highest BCUT2D eigenvalue weighted by atomic mass is 16.6. The molecule has 0 aliphatic heterocycles. The third-order valence-corrected chi connectivity index (χ3v) is 9.39. The van der Waals surface area contributed by atoms with Crippen molar-refractivity contribution < 1.29 is 14.3 Å². The summed E-state index contributed by atoms with van der Waals surface area (Å²) in [5.41, 5.74) is 12.5. The van der Waals surface area contributed by atoms with Crippen LogP contribution < -0.4 is 10.5 Å². The number of carbonyl (C=O) groups excluding carboxylic acids is 1. The molecule has 264 valence electrons. The van der Waals surface area contributed by atoms with Crippen LogP contribution in [0.5, 0.6) is 5.75 Å². The first kappa shape index (κ1) is 34.9. The van der Waals surface area contributed by atoms with Crippen molar-refractivity contribution >= 4 is 6.09 Å². The summed E-state index contributed by atoms with van der Waals surface area (Å²) in [4.78, 5) is 21.0. The second-order valence-electron chi connectivity index (χ2n) is 13.9. The summed E-state index contributed by atoms with van der Waals surface area (Å²) in [5.74, 6) is 0.644. The highest BCUT2D eigenvalue weighted by molar-refractivity contribution is 5.81. The van der Waals surface area contributed by atoms with E-state index in [0.29, 0.717) is 5.75 Å². The molecule has 1 atom stereocenters. The fourth-order valence-corrected chi connectivity index (χ4v) is 6.63. The third-order valence-electron chi connectivity index (χ3n) is 9.39. The number of rotatable bonds is 11. The number of nitrogens with zero attached hydrogens (tertiary/aromatic N) is 4. The van der Waals surface area contributed by atoms with Gasteiger partial charge in [0.15, 0.2) is 0 Å². The molecule has 4 aromatic carbocycles. The molecule has 7 aromatic rings. The monoisotopic (exact) mass is 699 g/mol. The van der Waals surface area contributed by atoms with Crippen LogP contribution in [0.1, 0.15) is 37.5 Å². The quantitative estimate of drug-likeness (QED) is 0.135. The maximum Gasteiger partial charge on any atom is 0.404 e. The molecule has 0 radical (unpaired) electrons. The van der Waals surface area contributed by atoms with Crippen LogP contribution in [0.25, 0.3) is 33.8 Å². The summed E-state index contributed by atoms with van der Waals surface area (Å²) in [7, 11) is 0. The zero-order valence-corrected chi connectivity index (χ0v) is 30.0. The molecule has 0 aliphatic rings. The van der Waals surface area contributed by atoms with Crippen LogP contribution >= 0.6 is 0 Å². The molecule has 3 heterocycles. The Labute approximate surface area is 309 Å². The molecular formula is C45H41N5O3. The van der Waals surface area contributed by atoms with Gasteiger partial charge in [-0.05, 0) is 70.8 Å². The van der Waals surface area contributed by atoms with Gasteiger partial charge >= 0.3 is 6.09 Å². The van der Waals surface area contributed by atoms with E-state index in [0.717, 1.165) is 50.5 Å². The Hall–Kier alpha value is -6.54. The van der Waals surface area contributed by atoms with Gasteiger partial charge < -0.3 is 15.2 Å². The summed E-state index contributed by atoms with van der Waals surface area (Å²) >= 11 is 0. The number of hydrogen-bond donors (Lipinski definition) is 1. The zero-order valence-electron chi connectivity index (χ0n) is 30.0. The van der Waals surface area contributed by atoms with Gasteiger partial charge in [-0.25, -0.2) is 4.79 Å². The van der Waals surface area contributed by atoms with Crippen molar-refractivity contribution in [3.63, 3.8) is 0 Å². The minimum atomic E-state index is -0.822. The van der Waals surface area contributed by atoms with Gasteiger partial charge in [0.05, 0.1) is 11.4 Å². The van der Waals surface area contributed by atoms with E-state index >= 15 is 0 Å². The molecule has 53 heavy (non-hydrogen) atoms. The Balaban J connectivity index is 1.32. The molecule has 2 N–H and O–H groups in total. The van der Waals surface area contributed by atoms with Gasteiger partial charge in [0.1, 0.15) is 29.7 Å². The standard InChI is InChI=1S/C45H41N5O3/c1-44(2,3)41(53-43(46)51)31-52-37-24-22-32(23-25-37)40-29-33(26-28-48-40)38-30-50(49-42(38)39-21-13-14-27-47-39)45(34-15-7-4-8-16-34,35-17-9-5-10-18-35)36-19-11-6-12-20-36/h4-30,41H,31H2,1-3H3,(H2,46,51). The molecule has 1 amide bonds. The lowest BCUT2D eigenvalue weighted by Gasteiger charge is -2.36. The van der Waals surface area contributed by atoms with Gasteiger partial charge in [-0.15, -0.1) is 0 Å². The highest BCUT2D eigenvalue weighted by Crippen LogP contribution is 2.43. The largest absolute Gasteiger partial charge is 0.490 e. The first-order valence-electron chi connectivity index (χ1n) is 17.6. The molecule has 0 saturated carbocycles. The topological polar surface area (TPSA) is 105 Å². The van der Waals surface area contributed by atoms with E-state index < -0.39 is 17.7 Å². The molecule has 0 fully saturated rings. The summed E-state index contributed by atoms with van der Waals surface area (Å²) < 4.78 is 13.4. The van der Waals surface area contributed by atoms with Crippen molar-refractivity contribution in [2.24, 2.45) is 11.1 Å². The van der Waals surface area contributed by atoms with Gasteiger partial charge in [-0.1, -0.05) is 118 Å². The lowest BCUT2D eigenvalue weighted by atomic mass is 9.77. The van der Waals surface area contributed by atoms with E-state index in [1.165, 1.54) is 0 Å². The highest BCUT2D eigenvalue weighted by Gasteiger charge is 2.40.